The molecule has 0 saturated heterocycles. The van der Waals surface area contributed by atoms with Gasteiger partial charge in [0.15, 0.2) is 0 Å². The first-order chi connectivity index (χ1) is 11.0. The molecular formula is C17H16F3N3. The zero-order valence-electron chi connectivity index (χ0n) is 12.3. The Hall–Kier alpha value is -2.52. The number of hydrogen-bond acceptors (Lipinski definition) is 3. The molecule has 0 aromatic heterocycles. The summed E-state index contributed by atoms with van der Waals surface area (Å²) in [7, 11) is 0. The molecule has 2 N–H and O–H groups in total. The van der Waals surface area contributed by atoms with Crippen LogP contribution in [0.1, 0.15) is 16.7 Å². The number of nitriles is 1. The fraction of sp³-hybridized carbons (Fsp3) is 0.235. The van der Waals surface area contributed by atoms with Gasteiger partial charge in [-0.25, -0.2) is 0 Å². The van der Waals surface area contributed by atoms with Gasteiger partial charge >= 0.3 is 6.18 Å². The molecule has 2 aromatic rings. The topological polar surface area (TPSA) is 47.9 Å². The molecule has 23 heavy (non-hydrogen) atoms. The highest BCUT2D eigenvalue weighted by Crippen LogP contribution is 2.33. The predicted octanol–water partition coefficient (Wildman–Crippen LogP) is 3.78. The van der Waals surface area contributed by atoms with Gasteiger partial charge in [-0.2, -0.15) is 18.4 Å². The maximum atomic E-state index is 12.9. The van der Waals surface area contributed by atoms with Crippen molar-refractivity contribution in [2.45, 2.75) is 12.7 Å². The van der Waals surface area contributed by atoms with Crippen LogP contribution in [-0.2, 0) is 12.7 Å². The second-order valence-corrected chi connectivity index (χ2v) is 4.96. The molecule has 0 spiro atoms. The summed E-state index contributed by atoms with van der Waals surface area (Å²) >= 11 is 0. The Morgan fingerprint density at radius 2 is 1.74 bits per heavy atom. The van der Waals surface area contributed by atoms with Crippen LogP contribution in [0.5, 0.6) is 0 Å². The van der Waals surface area contributed by atoms with E-state index < -0.39 is 11.7 Å². The Morgan fingerprint density at radius 1 is 1.00 bits per heavy atom. The van der Waals surface area contributed by atoms with Crippen molar-refractivity contribution in [3.05, 3.63) is 65.2 Å². The summed E-state index contributed by atoms with van der Waals surface area (Å²) in [6, 6.07) is 15.0. The third-order valence-electron chi connectivity index (χ3n) is 3.25. The second kappa shape index (κ2) is 7.65. The Balaban J connectivity index is 1.85. The molecule has 0 bridgehead atoms. The molecule has 120 valence electrons. The Morgan fingerprint density at radius 3 is 2.39 bits per heavy atom. The Bertz CT molecular complexity index is 676. The van der Waals surface area contributed by atoms with Crippen molar-refractivity contribution in [2.75, 3.05) is 18.4 Å². The molecule has 0 radical (unpaired) electrons. The van der Waals surface area contributed by atoms with Gasteiger partial charge in [0.05, 0.1) is 17.2 Å². The summed E-state index contributed by atoms with van der Waals surface area (Å²) in [5.74, 6) is 0. The van der Waals surface area contributed by atoms with Gasteiger partial charge < -0.3 is 10.6 Å². The summed E-state index contributed by atoms with van der Waals surface area (Å²) in [5, 5.41) is 14.9. The lowest BCUT2D eigenvalue weighted by Crippen LogP contribution is -2.22. The molecule has 0 atom stereocenters. The molecular weight excluding hydrogens is 303 g/mol. The summed E-state index contributed by atoms with van der Waals surface area (Å²) in [6.45, 7) is 1.79. The Labute approximate surface area is 132 Å². The van der Waals surface area contributed by atoms with Crippen molar-refractivity contribution >= 4 is 5.69 Å². The fourth-order valence-electron chi connectivity index (χ4n) is 2.11. The minimum absolute atomic E-state index is 0.345. The smallest absolute Gasteiger partial charge is 0.384 e. The lowest BCUT2D eigenvalue weighted by atomic mass is 10.1. The van der Waals surface area contributed by atoms with Crippen LogP contribution in [0.3, 0.4) is 0 Å². The number of nitrogens with one attached hydrogen (secondary N) is 2. The molecule has 6 heteroatoms. The van der Waals surface area contributed by atoms with Crippen LogP contribution in [0.2, 0.25) is 0 Å². The highest BCUT2D eigenvalue weighted by molar-refractivity contribution is 5.53. The number of halogens is 3. The molecule has 0 aliphatic rings. The van der Waals surface area contributed by atoms with Crippen LogP contribution < -0.4 is 10.6 Å². The minimum Gasteiger partial charge on any atom is -0.384 e. The fourth-order valence-corrected chi connectivity index (χ4v) is 2.11. The normalized spacial score (nSPS) is 11.0. The van der Waals surface area contributed by atoms with Crippen molar-refractivity contribution < 1.29 is 13.2 Å². The first-order valence-electron chi connectivity index (χ1n) is 7.10. The van der Waals surface area contributed by atoms with Gasteiger partial charge in [-0.3, -0.25) is 0 Å². The van der Waals surface area contributed by atoms with E-state index in [9.17, 15) is 13.2 Å². The molecule has 0 aliphatic carbocycles. The molecule has 0 fully saturated rings. The van der Waals surface area contributed by atoms with Crippen LogP contribution in [0.4, 0.5) is 18.9 Å². The number of rotatable bonds is 6. The first-order valence-corrected chi connectivity index (χ1v) is 7.10. The molecule has 2 rings (SSSR count). The summed E-state index contributed by atoms with van der Waals surface area (Å²) in [4.78, 5) is 0. The molecule has 0 unspecified atom stereocenters. The van der Waals surface area contributed by atoms with Crippen molar-refractivity contribution in [3.8, 4) is 6.07 Å². The molecule has 0 amide bonds. The van der Waals surface area contributed by atoms with Crippen molar-refractivity contribution in [1.82, 2.24) is 5.32 Å². The monoisotopic (exact) mass is 319 g/mol. The number of nitrogens with zero attached hydrogens (tertiary/aromatic N) is 1. The first kappa shape index (κ1) is 16.8. The highest BCUT2D eigenvalue weighted by atomic mass is 19.4. The third-order valence-corrected chi connectivity index (χ3v) is 3.25. The quantitative estimate of drug-likeness (QED) is 0.797. The van der Waals surface area contributed by atoms with Gasteiger partial charge in [-0.1, -0.05) is 30.3 Å². The number of hydrogen-bond donors (Lipinski definition) is 2. The average Bonchev–Trinajstić information content (AvgIpc) is 2.54. The van der Waals surface area contributed by atoms with Crippen LogP contribution in [0.15, 0.2) is 48.5 Å². The molecule has 0 saturated carbocycles. The zero-order chi connectivity index (χ0) is 16.7. The van der Waals surface area contributed by atoms with Gasteiger partial charge in [0, 0.05) is 25.3 Å². The molecule has 3 nitrogen and oxygen atoms in total. The van der Waals surface area contributed by atoms with Gasteiger partial charge in [-0.05, 0) is 23.8 Å². The van der Waals surface area contributed by atoms with E-state index >= 15 is 0 Å². The van der Waals surface area contributed by atoms with Crippen LogP contribution >= 0.6 is 0 Å². The summed E-state index contributed by atoms with van der Waals surface area (Å²) in [5.41, 5.74) is 0.204. The SMILES string of the molecule is N#Cc1ccc(NCCNCc2ccccc2)cc1C(F)(F)F. The second-order valence-electron chi connectivity index (χ2n) is 4.96. The maximum Gasteiger partial charge on any atom is 0.417 e. The number of anilines is 1. The van der Waals surface area contributed by atoms with Crippen molar-refractivity contribution in [3.63, 3.8) is 0 Å². The van der Waals surface area contributed by atoms with Crippen molar-refractivity contribution in [2.24, 2.45) is 0 Å². The van der Waals surface area contributed by atoms with Crippen LogP contribution in [0.25, 0.3) is 0 Å². The molecule has 0 heterocycles. The number of alkyl halides is 3. The number of benzene rings is 2. The molecule has 2 aromatic carbocycles. The van der Waals surface area contributed by atoms with E-state index in [4.69, 9.17) is 5.26 Å². The van der Waals surface area contributed by atoms with Gasteiger partial charge in [0.25, 0.3) is 0 Å². The zero-order valence-corrected chi connectivity index (χ0v) is 12.3. The van der Waals surface area contributed by atoms with Gasteiger partial charge in [0.1, 0.15) is 0 Å². The van der Waals surface area contributed by atoms with Gasteiger partial charge in [-0.15, -0.1) is 0 Å². The van der Waals surface area contributed by atoms with E-state index in [-0.39, 0.29) is 5.56 Å². The van der Waals surface area contributed by atoms with Crippen LogP contribution in [0, 0.1) is 11.3 Å². The van der Waals surface area contributed by atoms with E-state index in [0.29, 0.717) is 25.3 Å². The maximum absolute atomic E-state index is 12.9. The van der Waals surface area contributed by atoms with E-state index in [1.165, 1.54) is 12.1 Å². The highest BCUT2D eigenvalue weighted by Gasteiger charge is 2.33. The summed E-state index contributed by atoms with van der Waals surface area (Å²) in [6.07, 6.45) is -4.53. The van der Waals surface area contributed by atoms with Crippen LogP contribution in [-0.4, -0.2) is 13.1 Å². The van der Waals surface area contributed by atoms with Gasteiger partial charge in [0.2, 0.25) is 0 Å². The van der Waals surface area contributed by atoms with E-state index in [1.54, 1.807) is 6.07 Å². The van der Waals surface area contributed by atoms with E-state index in [1.807, 2.05) is 30.3 Å². The van der Waals surface area contributed by atoms with Crippen molar-refractivity contribution in [1.29, 1.82) is 5.26 Å². The summed E-state index contributed by atoms with van der Waals surface area (Å²) < 4.78 is 38.6. The third kappa shape index (κ3) is 5.01. The van der Waals surface area contributed by atoms with E-state index in [0.717, 1.165) is 11.6 Å². The average molecular weight is 319 g/mol. The lowest BCUT2D eigenvalue weighted by molar-refractivity contribution is -0.137. The molecule has 0 aliphatic heterocycles. The lowest BCUT2D eigenvalue weighted by Gasteiger charge is -2.12. The Kier molecular flexibility index (Phi) is 5.61. The minimum atomic E-state index is -4.53. The standard InChI is InChI=1S/C17H16F3N3/c18-17(19,20)16-10-15(7-6-14(16)11-21)23-9-8-22-12-13-4-2-1-3-5-13/h1-7,10,22-23H,8-9,12H2. The predicted molar refractivity (Wildman–Crippen MR) is 82.8 cm³/mol. The van der Waals surface area contributed by atoms with E-state index in [2.05, 4.69) is 10.6 Å². The largest absolute Gasteiger partial charge is 0.417 e.